The van der Waals surface area contributed by atoms with Gasteiger partial charge in [0.2, 0.25) is 17.7 Å². The Labute approximate surface area is 158 Å². The van der Waals surface area contributed by atoms with Crippen LogP contribution in [0.3, 0.4) is 0 Å². The minimum absolute atomic E-state index is 0.122. The van der Waals surface area contributed by atoms with E-state index in [-0.39, 0.29) is 41.4 Å². The number of rotatable bonds is 5. The number of hydrogen-bond acceptors (Lipinski definition) is 4. The lowest BCUT2D eigenvalue weighted by molar-refractivity contribution is -0.146. The lowest BCUT2D eigenvalue weighted by atomic mass is 9.63. The number of nitrogens with one attached hydrogen (secondary N) is 1. The third-order valence-corrected chi connectivity index (χ3v) is 6.16. The summed E-state index contributed by atoms with van der Waals surface area (Å²) < 4.78 is 5.27. The molecule has 6 nitrogen and oxygen atoms in total. The number of carbonyl (C=O) groups excluding carboxylic acids is 3. The van der Waals surface area contributed by atoms with Crippen LogP contribution in [0.2, 0.25) is 0 Å². The number of nitrogens with zero attached hydrogens (tertiary/aromatic N) is 1. The molecule has 5 atom stereocenters. The van der Waals surface area contributed by atoms with Crippen LogP contribution in [0.25, 0.3) is 0 Å². The zero-order valence-electron chi connectivity index (χ0n) is 15.6. The van der Waals surface area contributed by atoms with Crippen LogP contribution in [0.15, 0.2) is 36.4 Å². The number of imide groups is 1. The molecule has 1 N–H and O–H groups in total. The predicted molar refractivity (Wildman–Crippen MR) is 99.9 cm³/mol. The van der Waals surface area contributed by atoms with Crippen molar-refractivity contribution in [2.24, 2.45) is 23.7 Å². The normalized spacial score (nSPS) is 29.6. The molecule has 142 valence electrons. The van der Waals surface area contributed by atoms with Crippen LogP contribution in [-0.2, 0) is 14.4 Å². The zero-order valence-corrected chi connectivity index (χ0v) is 15.6. The molecule has 0 radical (unpaired) electrons. The van der Waals surface area contributed by atoms with E-state index in [4.69, 9.17) is 4.74 Å². The van der Waals surface area contributed by atoms with E-state index in [0.29, 0.717) is 17.9 Å². The predicted octanol–water partition coefficient (Wildman–Crippen LogP) is 2.61. The summed E-state index contributed by atoms with van der Waals surface area (Å²) in [5, 5.41) is 2.82. The summed E-state index contributed by atoms with van der Waals surface area (Å²) in [7, 11) is 1.53. The van der Waals surface area contributed by atoms with E-state index in [9.17, 15) is 14.4 Å². The minimum Gasteiger partial charge on any atom is -0.495 e. The fourth-order valence-corrected chi connectivity index (χ4v) is 4.85. The zero-order chi connectivity index (χ0) is 19.1. The standard InChI is InChI=1S/C21H24N2O4/c1-3-15(19(24)22-14-6-4-5-7-16(14)27-2)23-20(25)17-12-8-9-13(11-10-12)18(17)21(23)26/h4-9,12-13,15,17-18H,3,10-11H2,1-2H3,(H,22,24). The highest BCUT2D eigenvalue weighted by Gasteiger charge is 2.58. The second kappa shape index (κ2) is 6.83. The molecule has 4 aliphatic rings. The van der Waals surface area contributed by atoms with Gasteiger partial charge in [-0.25, -0.2) is 0 Å². The van der Waals surface area contributed by atoms with E-state index in [1.165, 1.54) is 12.0 Å². The van der Waals surface area contributed by atoms with Gasteiger partial charge in [0.25, 0.3) is 0 Å². The van der Waals surface area contributed by atoms with Crippen molar-refractivity contribution in [1.82, 2.24) is 4.90 Å². The van der Waals surface area contributed by atoms with Crippen LogP contribution in [0, 0.1) is 23.7 Å². The second-order valence-corrected chi connectivity index (χ2v) is 7.50. The Bertz CT molecular complexity index is 786. The van der Waals surface area contributed by atoms with Crippen LogP contribution < -0.4 is 10.1 Å². The monoisotopic (exact) mass is 368 g/mol. The Morgan fingerprint density at radius 3 is 2.26 bits per heavy atom. The number of para-hydroxylation sites is 2. The SMILES string of the molecule is CCC(C(=O)Nc1ccccc1OC)N1C(=O)C2C3C=CC(CC3)C2C1=O. The van der Waals surface area contributed by atoms with Crippen molar-refractivity contribution in [2.45, 2.75) is 32.2 Å². The number of ether oxygens (including phenoxy) is 1. The number of likely N-dealkylation sites (tertiary alicyclic amines) is 1. The summed E-state index contributed by atoms with van der Waals surface area (Å²) in [6.07, 6.45) is 6.43. The molecular weight excluding hydrogens is 344 g/mol. The maximum absolute atomic E-state index is 13.1. The van der Waals surface area contributed by atoms with Crippen molar-refractivity contribution in [2.75, 3.05) is 12.4 Å². The van der Waals surface area contributed by atoms with Gasteiger partial charge >= 0.3 is 0 Å². The Morgan fingerprint density at radius 2 is 1.74 bits per heavy atom. The molecule has 1 saturated heterocycles. The third-order valence-electron chi connectivity index (χ3n) is 6.16. The molecule has 0 spiro atoms. The van der Waals surface area contributed by atoms with E-state index < -0.39 is 6.04 Å². The molecule has 3 aliphatic carbocycles. The van der Waals surface area contributed by atoms with Gasteiger partial charge in [-0.3, -0.25) is 19.3 Å². The quantitative estimate of drug-likeness (QED) is 0.640. The molecule has 1 aromatic carbocycles. The van der Waals surface area contributed by atoms with Crippen LogP contribution in [0.4, 0.5) is 5.69 Å². The summed E-state index contributed by atoms with van der Waals surface area (Å²) >= 11 is 0. The first-order valence-corrected chi connectivity index (χ1v) is 9.56. The topological polar surface area (TPSA) is 75.7 Å². The van der Waals surface area contributed by atoms with Gasteiger partial charge in [-0.15, -0.1) is 0 Å². The molecule has 2 fully saturated rings. The van der Waals surface area contributed by atoms with E-state index in [1.54, 1.807) is 18.2 Å². The van der Waals surface area contributed by atoms with E-state index in [1.807, 2.05) is 13.0 Å². The number of anilines is 1. The van der Waals surface area contributed by atoms with Crippen molar-refractivity contribution >= 4 is 23.4 Å². The van der Waals surface area contributed by atoms with Crippen molar-refractivity contribution < 1.29 is 19.1 Å². The van der Waals surface area contributed by atoms with Crippen molar-refractivity contribution in [3.05, 3.63) is 36.4 Å². The lowest BCUT2D eigenvalue weighted by Gasteiger charge is -2.38. The van der Waals surface area contributed by atoms with Gasteiger partial charge in [0.15, 0.2) is 0 Å². The first-order valence-electron chi connectivity index (χ1n) is 9.56. The number of amides is 3. The Balaban J connectivity index is 1.58. The molecule has 1 saturated carbocycles. The summed E-state index contributed by atoms with van der Waals surface area (Å²) in [6.45, 7) is 1.82. The Hall–Kier alpha value is -2.63. The third kappa shape index (κ3) is 2.74. The number of hydrogen-bond donors (Lipinski definition) is 1. The lowest BCUT2D eigenvalue weighted by Crippen LogP contribution is -2.47. The number of benzene rings is 1. The van der Waals surface area contributed by atoms with Crippen molar-refractivity contribution in [3.63, 3.8) is 0 Å². The summed E-state index contributed by atoms with van der Waals surface area (Å²) in [5.41, 5.74) is 0.529. The molecular formula is C21H24N2O4. The summed E-state index contributed by atoms with van der Waals surface area (Å²) in [4.78, 5) is 40.4. The molecule has 5 rings (SSSR count). The molecule has 6 heteroatoms. The summed E-state index contributed by atoms with van der Waals surface area (Å²) in [5.74, 6) is -0.549. The van der Waals surface area contributed by atoms with Gasteiger partial charge in [0, 0.05) is 0 Å². The number of fused-ring (bicyclic) bond motifs is 1. The average Bonchev–Trinajstić information content (AvgIpc) is 2.97. The van der Waals surface area contributed by atoms with E-state index >= 15 is 0 Å². The molecule has 0 aromatic heterocycles. The fraction of sp³-hybridized carbons (Fsp3) is 0.476. The first-order chi connectivity index (χ1) is 13.1. The molecule has 1 aliphatic heterocycles. The second-order valence-electron chi connectivity index (χ2n) is 7.50. The number of methoxy groups -OCH3 is 1. The van der Waals surface area contributed by atoms with Gasteiger partial charge in [0.05, 0.1) is 24.6 Å². The van der Waals surface area contributed by atoms with E-state index in [2.05, 4.69) is 17.5 Å². The van der Waals surface area contributed by atoms with Gasteiger partial charge in [-0.2, -0.15) is 0 Å². The highest BCUT2D eigenvalue weighted by molar-refractivity contribution is 6.10. The Morgan fingerprint density at radius 1 is 1.15 bits per heavy atom. The highest BCUT2D eigenvalue weighted by atomic mass is 16.5. The first kappa shape index (κ1) is 17.8. The minimum atomic E-state index is -0.806. The van der Waals surface area contributed by atoms with Gasteiger partial charge < -0.3 is 10.1 Å². The maximum Gasteiger partial charge on any atom is 0.247 e. The van der Waals surface area contributed by atoms with E-state index in [0.717, 1.165) is 12.8 Å². The maximum atomic E-state index is 13.1. The smallest absolute Gasteiger partial charge is 0.247 e. The molecule has 2 bridgehead atoms. The van der Waals surface area contributed by atoms with Gasteiger partial charge in [-0.05, 0) is 43.2 Å². The van der Waals surface area contributed by atoms with Crippen LogP contribution in [0.1, 0.15) is 26.2 Å². The summed E-state index contributed by atoms with van der Waals surface area (Å²) in [6, 6.07) is 6.29. The molecule has 1 aromatic rings. The Kier molecular flexibility index (Phi) is 4.50. The molecule has 27 heavy (non-hydrogen) atoms. The molecule has 3 amide bonds. The van der Waals surface area contributed by atoms with Crippen molar-refractivity contribution in [1.29, 1.82) is 0 Å². The van der Waals surface area contributed by atoms with Gasteiger partial charge in [0.1, 0.15) is 11.8 Å². The molecule has 1 heterocycles. The fourth-order valence-electron chi connectivity index (χ4n) is 4.85. The van der Waals surface area contributed by atoms with Crippen LogP contribution >= 0.6 is 0 Å². The highest BCUT2D eigenvalue weighted by Crippen LogP contribution is 2.50. The van der Waals surface area contributed by atoms with Crippen LogP contribution in [0.5, 0.6) is 5.75 Å². The number of carbonyl (C=O) groups is 3. The van der Waals surface area contributed by atoms with Crippen molar-refractivity contribution in [3.8, 4) is 5.75 Å². The molecule has 5 unspecified atom stereocenters. The number of allylic oxidation sites excluding steroid dienone is 2. The van der Waals surface area contributed by atoms with Crippen LogP contribution in [-0.4, -0.2) is 35.8 Å². The average molecular weight is 368 g/mol. The van der Waals surface area contributed by atoms with Gasteiger partial charge in [-0.1, -0.05) is 31.2 Å². The largest absolute Gasteiger partial charge is 0.495 e.